The first-order valence-corrected chi connectivity index (χ1v) is 7.00. The van der Waals surface area contributed by atoms with Crippen LogP contribution in [0.2, 0.25) is 5.02 Å². The Labute approximate surface area is 126 Å². The van der Waals surface area contributed by atoms with E-state index >= 15 is 0 Å². The molecule has 0 atom stereocenters. The van der Waals surface area contributed by atoms with Crippen LogP contribution in [0.5, 0.6) is 11.6 Å². The maximum absolute atomic E-state index is 5.92. The van der Waals surface area contributed by atoms with Crippen molar-refractivity contribution in [3.8, 4) is 11.6 Å². The molecule has 19 heavy (non-hydrogen) atoms. The molecule has 0 N–H and O–H groups in total. The number of aromatic nitrogens is 2. The van der Waals surface area contributed by atoms with Gasteiger partial charge in [0.25, 0.3) is 0 Å². The Balaban J connectivity index is 2.33. The molecule has 1 heterocycles. The average molecular weight is 342 g/mol. The Hall–Kier alpha value is -1.13. The quantitative estimate of drug-likeness (QED) is 0.722. The Bertz CT molecular complexity index is 596. The van der Waals surface area contributed by atoms with E-state index in [0.29, 0.717) is 21.3 Å². The second-order valence-corrected chi connectivity index (χ2v) is 6.41. The fourth-order valence-corrected chi connectivity index (χ4v) is 1.98. The molecule has 0 fully saturated rings. The summed E-state index contributed by atoms with van der Waals surface area (Å²) in [6, 6.07) is 8.94. The zero-order valence-electron chi connectivity index (χ0n) is 10.9. The lowest BCUT2D eigenvalue weighted by molar-refractivity contribution is 0.444. The van der Waals surface area contributed by atoms with Crippen LogP contribution >= 0.6 is 27.5 Å². The number of hydrogen-bond donors (Lipinski definition) is 0. The van der Waals surface area contributed by atoms with E-state index in [0.717, 1.165) is 5.82 Å². The third kappa shape index (κ3) is 3.91. The number of benzene rings is 1. The largest absolute Gasteiger partial charge is 0.439 e. The molecule has 0 radical (unpaired) electrons. The van der Waals surface area contributed by atoms with Crippen LogP contribution in [-0.4, -0.2) is 9.97 Å². The van der Waals surface area contributed by atoms with Crippen LogP contribution in [0.4, 0.5) is 0 Å². The average Bonchev–Trinajstić information content (AvgIpc) is 2.26. The van der Waals surface area contributed by atoms with Gasteiger partial charge in [0.05, 0.1) is 0 Å². The Morgan fingerprint density at radius 3 is 2.53 bits per heavy atom. The summed E-state index contributed by atoms with van der Waals surface area (Å²) >= 11 is 9.30. The van der Waals surface area contributed by atoms with Crippen molar-refractivity contribution in [3.05, 3.63) is 45.8 Å². The first-order valence-electron chi connectivity index (χ1n) is 5.83. The van der Waals surface area contributed by atoms with Crippen LogP contribution in [0.1, 0.15) is 26.6 Å². The molecule has 0 spiro atoms. The van der Waals surface area contributed by atoms with Crippen molar-refractivity contribution < 1.29 is 4.74 Å². The monoisotopic (exact) mass is 340 g/mol. The summed E-state index contributed by atoms with van der Waals surface area (Å²) in [5, 5.41) is 0.627. The molecule has 0 aliphatic heterocycles. The van der Waals surface area contributed by atoms with Gasteiger partial charge in [0.15, 0.2) is 0 Å². The fraction of sp³-hybridized carbons (Fsp3) is 0.286. The van der Waals surface area contributed by atoms with Gasteiger partial charge >= 0.3 is 0 Å². The highest BCUT2D eigenvalue weighted by Gasteiger charge is 2.19. The summed E-state index contributed by atoms with van der Waals surface area (Å²) < 4.78 is 6.41. The molecule has 0 saturated heterocycles. The zero-order valence-corrected chi connectivity index (χ0v) is 13.3. The second kappa shape index (κ2) is 5.47. The summed E-state index contributed by atoms with van der Waals surface area (Å²) in [5.74, 6) is 1.87. The minimum absolute atomic E-state index is 0.143. The molecule has 1 aromatic carbocycles. The Morgan fingerprint density at radius 2 is 1.89 bits per heavy atom. The van der Waals surface area contributed by atoms with Gasteiger partial charge in [-0.3, -0.25) is 0 Å². The summed E-state index contributed by atoms with van der Waals surface area (Å²) in [6.45, 7) is 6.16. The van der Waals surface area contributed by atoms with E-state index in [1.54, 1.807) is 18.2 Å². The fourth-order valence-electron chi connectivity index (χ4n) is 1.44. The van der Waals surface area contributed by atoms with Gasteiger partial charge in [0, 0.05) is 16.5 Å². The molecule has 0 aliphatic rings. The van der Waals surface area contributed by atoms with Gasteiger partial charge < -0.3 is 4.74 Å². The summed E-state index contributed by atoms with van der Waals surface area (Å²) in [6.07, 6.45) is 0. The highest BCUT2D eigenvalue weighted by Crippen LogP contribution is 2.27. The van der Waals surface area contributed by atoms with Crippen LogP contribution in [-0.2, 0) is 5.41 Å². The number of nitrogens with zero attached hydrogens (tertiary/aromatic N) is 2. The van der Waals surface area contributed by atoms with Crippen molar-refractivity contribution in [1.29, 1.82) is 0 Å². The molecule has 0 aliphatic carbocycles. The van der Waals surface area contributed by atoms with Crippen molar-refractivity contribution >= 4 is 27.5 Å². The number of hydrogen-bond acceptors (Lipinski definition) is 3. The maximum Gasteiger partial charge on any atom is 0.223 e. The van der Waals surface area contributed by atoms with Gasteiger partial charge in [0.2, 0.25) is 5.88 Å². The zero-order chi connectivity index (χ0) is 14.0. The van der Waals surface area contributed by atoms with Crippen LogP contribution in [0.15, 0.2) is 34.9 Å². The molecule has 1 aromatic heterocycles. The van der Waals surface area contributed by atoms with Gasteiger partial charge in [-0.15, -0.1) is 0 Å². The van der Waals surface area contributed by atoms with Crippen LogP contribution in [0, 0.1) is 0 Å². The van der Waals surface area contributed by atoms with Crippen LogP contribution in [0.3, 0.4) is 0 Å². The highest BCUT2D eigenvalue weighted by atomic mass is 79.9. The topological polar surface area (TPSA) is 35.0 Å². The smallest absolute Gasteiger partial charge is 0.223 e. The molecule has 0 bridgehead atoms. The summed E-state index contributed by atoms with van der Waals surface area (Å²) in [7, 11) is 0. The minimum atomic E-state index is -0.143. The number of ether oxygens (including phenoxy) is 1. The lowest BCUT2D eigenvalue weighted by atomic mass is 9.96. The molecule has 0 saturated carbocycles. The molecule has 0 amide bonds. The SMILES string of the molecule is CC(C)(C)c1nc(Br)cc(Oc2cccc(Cl)c2)n1. The third-order valence-electron chi connectivity index (χ3n) is 2.36. The van der Waals surface area contributed by atoms with Gasteiger partial charge in [-0.1, -0.05) is 38.4 Å². The van der Waals surface area contributed by atoms with E-state index in [1.807, 2.05) is 12.1 Å². The van der Waals surface area contributed by atoms with Crippen LogP contribution in [0.25, 0.3) is 0 Å². The first-order chi connectivity index (χ1) is 8.84. The van der Waals surface area contributed by atoms with Gasteiger partial charge in [-0.2, -0.15) is 4.98 Å². The summed E-state index contributed by atoms with van der Waals surface area (Å²) in [5.41, 5.74) is -0.143. The van der Waals surface area contributed by atoms with E-state index in [4.69, 9.17) is 16.3 Å². The predicted molar refractivity (Wildman–Crippen MR) is 80.0 cm³/mol. The highest BCUT2D eigenvalue weighted by molar-refractivity contribution is 9.10. The molecule has 5 heteroatoms. The third-order valence-corrected chi connectivity index (χ3v) is 3.00. The molecule has 2 aromatic rings. The normalized spacial score (nSPS) is 11.4. The summed E-state index contributed by atoms with van der Waals surface area (Å²) in [4.78, 5) is 8.79. The Morgan fingerprint density at radius 1 is 1.16 bits per heavy atom. The van der Waals surface area contributed by atoms with E-state index in [9.17, 15) is 0 Å². The van der Waals surface area contributed by atoms with Crippen molar-refractivity contribution in [2.24, 2.45) is 0 Å². The van der Waals surface area contributed by atoms with Gasteiger partial charge in [-0.05, 0) is 34.1 Å². The van der Waals surface area contributed by atoms with E-state index in [1.165, 1.54) is 0 Å². The maximum atomic E-state index is 5.92. The van der Waals surface area contributed by atoms with E-state index in [-0.39, 0.29) is 5.41 Å². The number of rotatable bonds is 2. The molecule has 3 nitrogen and oxygen atoms in total. The Kier molecular flexibility index (Phi) is 4.11. The molecular weight excluding hydrogens is 328 g/mol. The van der Waals surface area contributed by atoms with Gasteiger partial charge in [0.1, 0.15) is 16.2 Å². The van der Waals surface area contributed by atoms with E-state index < -0.39 is 0 Å². The standard InChI is InChI=1S/C14H14BrClN2O/c1-14(2,3)13-17-11(15)8-12(18-13)19-10-6-4-5-9(16)7-10/h4-8H,1-3H3. The predicted octanol–water partition coefficient (Wildman–Crippen LogP) is 4.98. The number of halogens is 2. The second-order valence-electron chi connectivity index (χ2n) is 5.16. The van der Waals surface area contributed by atoms with E-state index in [2.05, 4.69) is 46.7 Å². The lowest BCUT2D eigenvalue weighted by Crippen LogP contribution is -2.16. The van der Waals surface area contributed by atoms with Crippen molar-refractivity contribution in [2.75, 3.05) is 0 Å². The molecule has 100 valence electrons. The first kappa shape index (κ1) is 14.3. The molecule has 0 unspecified atom stereocenters. The van der Waals surface area contributed by atoms with Crippen molar-refractivity contribution in [3.63, 3.8) is 0 Å². The molecular formula is C14H14BrClN2O. The molecule has 2 rings (SSSR count). The minimum Gasteiger partial charge on any atom is -0.439 e. The van der Waals surface area contributed by atoms with Crippen molar-refractivity contribution in [1.82, 2.24) is 9.97 Å². The van der Waals surface area contributed by atoms with Gasteiger partial charge in [-0.25, -0.2) is 4.98 Å². The van der Waals surface area contributed by atoms with Crippen LogP contribution < -0.4 is 4.74 Å². The lowest BCUT2D eigenvalue weighted by Gasteiger charge is -2.17. The van der Waals surface area contributed by atoms with Crippen molar-refractivity contribution in [2.45, 2.75) is 26.2 Å².